The lowest BCUT2D eigenvalue weighted by Crippen LogP contribution is -2.32. The number of hydrogen-bond acceptors (Lipinski definition) is 3. The van der Waals surface area contributed by atoms with Crippen LogP contribution in [0, 0.1) is 0 Å². The molecule has 0 aliphatic rings. The molecule has 0 aliphatic heterocycles. The summed E-state index contributed by atoms with van der Waals surface area (Å²) in [5, 5.41) is 2.39. The number of pyridine rings is 2. The molecule has 0 fully saturated rings. The molecule has 22 heavy (non-hydrogen) atoms. The van der Waals surface area contributed by atoms with Gasteiger partial charge in [-0.25, -0.2) is 4.98 Å². The number of alkyl halides is 3. The molecule has 0 bridgehead atoms. The first-order valence-corrected chi connectivity index (χ1v) is 6.75. The van der Waals surface area contributed by atoms with Crippen LogP contribution in [-0.2, 0) is 17.5 Å². The Morgan fingerprint density at radius 2 is 2.05 bits per heavy atom. The Balaban J connectivity index is 2.15. The Morgan fingerprint density at radius 3 is 2.64 bits per heavy atom. The van der Waals surface area contributed by atoms with Crippen LogP contribution < -0.4 is 10.9 Å². The van der Waals surface area contributed by atoms with E-state index in [1.807, 2.05) is 0 Å². The molecule has 0 unspecified atom stereocenters. The molecule has 0 aliphatic carbocycles. The molecule has 2 aromatic heterocycles. The number of halogens is 4. The molecule has 1 N–H and O–H groups in total. The van der Waals surface area contributed by atoms with E-state index in [1.165, 1.54) is 12.3 Å². The van der Waals surface area contributed by atoms with Crippen molar-refractivity contribution in [3.05, 3.63) is 57.0 Å². The van der Waals surface area contributed by atoms with Crippen LogP contribution in [0.2, 0.25) is 0 Å². The fourth-order valence-electron chi connectivity index (χ4n) is 1.66. The number of anilines is 1. The van der Waals surface area contributed by atoms with Gasteiger partial charge in [-0.3, -0.25) is 9.59 Å². The lowest BCUT2D eigenvalue weighted by Gasteiger charge is -2.10. The summed E-state index contributed by atoms with van der Waals surface area (Å²) in [7, 11) is 0. The quantitative estimate of drug-likeness (QED) is 0.896. The molecule has 0 radical (unpaired) electrons. The van der Waals surface area contributed by atoms with Crippen LogP contribution in [0.25, 0.3) is 0 Å². The van der Waals surface area contributed by atoms with Gasteiger partial charge in [-0.15, -0.1) is 0 Å². The van der Waals surface area contributed by atoms with Gasteiger partial charge in [0.2, 0.25) is 5.91 Å². The van der Waals surface area contributed by atoms with Crippen molar-refractivity contribution in [3.63, 3.8) is 0 Å². The van der Waals surface area contributed by atoms with Gasteiger partial charge in [0.25, 0.3) is 5.56 Å². The van der Waals surface area contributed by atoms with E-state index in [0.717, 1.165) is 12.3 Å². The maximum Gasteiger partial charge on any atom is 0.421 e. The Labute approximate surface area is 130 Å². The van der Waals surface area contributed by atoms with Crippen molar-refractivity contribution in [2.45, 2.75) is 12.7 Å². The second-order valence-electron chi connectivity index (χ2n) is 4.26. The zero-order chi connectivity index (χ0) is 16.3. The van der Waals surface area contributed by atoms with E-state index in [2.05, 4.69) is 26.2 Å². The van der Waals surface area contributed by atoms with Crippen molar-refractivity contribution in [1.29, 1.82) is 0 Å². The van der Waals surface area contributed by atoms with Crippen LogP contribution in [0.3, 0.4) is 0 Å². The van der Waals surface area contributed by atoms with Crippen LogP contribution in [-0.4, -0.2) is 15.5 Å². The van der Waals surface area contributed by atoms with E-state index in [4.69, 9.17) is 0 Å². The van der Waals surface area contributed by atoms with Gasteiger partial charge in [0, 0.05) is 16.9 Å². The summed E-state index contributed by atoms with van der Waals surface area (Å²) in [6.07, 6.45) is -2.19. The number of rotatable bonds is 3. The number of amides is 1. The third-order valence-corrected chi connectivity index (χ3v) is 3.10. The first-order chi connectivity index (χ1) is 10.3. The molecule has 2 aromatic rings. The molecular weight excluding hydrogens is 367 g/mol. The third-order valence-electron chi connectivity index (χ3n) is 2.63. The summed E-state index contributed by atoms with van der Waals surface area (Å²) >= 11 is 3.17. The molecule has 5 nitrogen and oxygen atoms in total. The zero-order valence-corrected chi connectivity index (χ0v) is 12.5. The van der Waals surface area contributed by atoms with E-state index in [0.29, 0.717) is 15.1 Å². The van der Waals surface area contributed by atoms with Crippen LogP contribution in [0.15, 0.2) is 45.9 Å². The fraction of sp³-hybridized carbons (Fsp3) is 0.154. The largest absolute Gasteiger partial charge is 0.421 e. The van der Waals surface area contributed by atoms with Gasteiger partial charge in [0.1, 0.15) is 17.9 Å². The second-order valence-corrected chi connectivity index (χ2v) is 5.18. The van der Waals surface area contributed by atoms with Crippen molar-refractivity contribution >= 4 is 27.7 Å². The topological polar surface area (TPSA) is 64.0 Å². The van der Waals surface area contributed by atoms with E-state index < -0.39 is 29.8 Å². The minimum Gasteiger partial charge on any atom is -0.309 e. The van der Waals surface area contributed by atoms with Gasteiger partial charge in [0.15, 0.2) is 0 Å². The SMILES string of the molecule is O=C(Cn1cccc(C(F)(F)F)c1=O)Nc1ccc(Br)cn1. The van der Waals surface area contributed by atoms with E-state index in [-0.39, 0.29) is 5.82 Å². The van der Waals surface area contributed by atoms with Gasteiger partial charge in [-0.05, 0) is 40.2 Å². The molecule has 116 valence electrons. The van der Waals surface area contributed by atoms with Crippen molar-refractivity contribution in [2.75, 3.05) is 5.32 Å². The first kappa shape index (κ1) is 16.2. The molecular formula is C13H9BrF3N3O2. The first-order valence-electron chi connectivity index (χ1n) is 5.95. The predicted molar refractivity (Wildman–Crippen MR) is 76.3 cm³/mol. The lowest BCUT2D eigenvalue weighted by molar-refractivity contribution is -0.139. The van der Waals surface area contributed by atoms with Crippen LogP contribution >= 0.6 is 15.9 Å². The van der Waals surface area contributed by atoms with E-state index in [1.54, 1.807) is 6.07 Å². The van der Waals surface area contributed by atoms with Gasteiger partial charge < -0.3 is 9.88 Å². The number of nitrogens with one attached hydrogen (secondary N) is 1. The Morgan fingerprint density at radius 1 is 1.32 bits per heavy atom. The summed E-state index contributed by atoms with van der Waals surface area (Å²) in [6.45, 7) is -0.541. The molecule has 1 amide bonds. The van der Waals surface area contributed by atoms with Crippen molar-refractivity contribution in [3.8, 4) is 0 Å². The fourth-order valence-corrected chi connectivity index (χ4v) is 1.90. The highest BCUT2D eigenvalue weighted by molar-refractivity contribution is 9.10. The Bertz CT molecular complexity index is 741. The Hall–Kier alpha value is -2.16. The number of carbonyl (C=O) groups is 1. The molecule has 2 rings (SSSR count). The van der Waals surface area contributed by atoms with Crippen LogP contribution in [0.4, 0.5) is 19.0 Å². The van der Waals surface area contributed by atoms with Crippen molar-refractivity contribution in [1.82, 2.24) is 9.55 Å². The maximum atomic E-state index is 12.6. The standard InChI is InChI=1S/C13H9BrF3N3O2/c14-8-3-4-10(18-6-8)19-11(21)7-20-5-1-2-9(12(20)22)13(15,16)17/h1-6H,7H2,(H,18,19,21). The van der Waals surface area contributed by atoms with E-state index in [9.17, 15) is 22.8 Å². The van der Waals surface area contributed by atoms with E-state index >= 15 is 0 Å². The molecule has 0 spiro atoms. The highest BCUT2D eigenvalue weighted by atomic mass is 79.9. The smallest absolute Gasteiger partial charge is 0.309 e. The molecule has 0 atom stereocenters. The predicted octanol–water partition coefficient (Wildman–Crippen LogP) is 2.66. The minimum absolute atomic E-state index is 0.230. The number of nitrogens with zero attached hydrogens (tertiary/aromatic N) is 2. The average molecular weight is 376 g/mol. The van der Waals surface area contributed by atoms with Crippen LogP contribution in [0.5, 0.6) is 0 Å². The monoisotopic (exact) mass is 375 g/mol. The third kappa shape index (κ3) is 3.94. The number of hydrogen-bond donors (Lipinski definition) is 1. The highest BCUT2D eigenvalue weighted by Crippen LogP contribution is 2.25. The van der Waals surface area contributed by atoms with Crippen molar-refractivity contribution in [2.24, 2.45) is 0 Å². The van der Waals surface area contributed by atoms with Gasteiger partial charge >= 0.3 is 6.18 Å². The molecule has 2 heterocycles. The Kier molecular flexibility index (Phi) is 4.65. The normalized spacial score (nSPS) is 11.3. The summed E-state index contributed by atoms with van der Waals surface area (Å²) < 4.78 is 39.3. The van der Waals surface area contributed by atoms with Gasteiger partial charge in [-0.1, -0.05) is 0 Å². The zero-order valence-electron chi connectivity index (χ0n) is 10.9. The summed E-state index contributed by atoms with van der Waals surface area (Å²) in [5.74, 6) is -0.426. The van der Waals surface area contributed by atoms with Crippen molar-refractivity contribution < 1.29 is 18.0 Å². The number of carbonyl (C=O) groups excluding carboxylic acids is 1. The average Bonchev–Trinajstić information content (AvgIpc) is 2.42. The molecule has 0 aromatic carbocycles. The molecule has 0 saturated carbocycles. The minimum atomic E-state index is -4.76. The lowest BCUT2D eigenvalue weighted by atomic mass is 10.2. The summed E-state index contributed by atoms with van der Waals surface area (Å²) in [5.41, 5.74) is -2.58. The summed E-state index contributed by atoms with van der Waals surface area (Å²) in [4.78, 5) is 27.4. The summed E-state index contributed by atoms with van der Waals surface area (Å²) in [6, 6.07) is 4.89. The van der Waals surface area contributed by atoms with Crippen LogP contribution in [0.1, 0.15) is 5.56 Å². The maximum absolute atomic E-state index is 12.6. The highest BCUT2D eigenvalue weighted by Gasteiger charge is 2.34. The second kappa shape index (κ2) is 6.30. The van der Waals surface area contributed by atoms with Gasteiger partial charge in [-0.2, -0.15) is 13.2 Å². The van der Waals surface area contributed by atoms with Gasteiger partial charge in [0.05, 0.1) is 0 Å². The number of aromatic nitrogens is 2. The molecule has 9 heteroatoms. The molecule has 0 saturated heterocycles.